The van der Waals surface area contributed by atoms with Crippen LogP contribution in [-0.2, 0) is 23.9 Å². The number of fused-ring (bicyclic) bond motifs is 1. The van der Waals surface area contributed by atoms with Crippen molar-refractivity contribution in [1.82, 2.24) is 4.90 Å². The van der Waals surface area contributed by atoms with Crippen LogP contribution >= 0.6 is 0 Å². The number of carboxylic acids is 1. The van der Waals surface area contributed by atoms with E-state index in [4.69, 9.17) is 9.47 Å². The summed E-state index contributed by atoms with van der Waals surface area (Å²) >= 11 is 0. The van der Waals surface area contributed by atoms with E-state index >= 15 is 0 Å². The van der Waals surface area contributed by atoms with Crippen LogP contribution in [0.1, 0.15) is 34.1 Å². The van der Waals surface area contributed by atoms with E-state index in [1.54, 1.807) is 0 Å². The highest BCUT2D eigenvalue weighted by Gasteiger charge is 2.70. The van der Waals surface area contributed by atoms with Gasteiger partial charge in [0, 0.05) is 11.8 Å². The van der Waals surface area contributed by atoms with Crippen molar-refractivity contribution in [2.45, 2.75) is 45.9 Å². The Bertz CT molecular complexity index is 510. The van der Waals surface area contributed by atoms with E-state index in [2.05, 4.69) is 0 Å². The lowest BCUT2D eigenvalue weighted by Crippen LogP contribution is -2.55. The second-order valence-electron chi connectivity index (χ2n) is 7.04. The molecule has 2 saturated heterocycles. The number of amides is 1. The molecular weight excluding hydrogens is 278 g/mol. The SMILES string of the molecule is COC(=O)[C@@]12CO[C@@H](C(C)(C)C)N1C(=O)[C@](C)(C(=O)O)C2. The Morgan fingerprint density at radius 3 is 2.43 bits per heavy atom. The number of methoxy groups -OCH3 is 1. The van der Waals surface area contributed by atoms with Gasteiger partial charge in [0.2, 0.25) is 5.91 Å². The number of nitrogens with zero attached hydrogens (tertiary/aromatic N) is 1. The molecule has 0 unspecified atom stereocenters. The summed E-state index contributed by atoms with van der Waals surface area (Å²) in [7, 11) is 1.22. The Balaban J connectivity index is 2.56. The van der Waals surface area contributed by atoms with Crippen LogP contribution < -0.4 is 0 Å². The van der Waals surface area contributed by atoms with Gasteiger partial charge in [-0.25, -0.2) is 4.79 Å². The van der Waals surface area contributed by atoms with Crippen LogP contribution in [0.15, 0.2) is 0 Å². The number of carbonyl (C=O) groups excluding carboxylic acids is 2. The molecule has 1 amide bonds. The van der Waals surface area contributed by atoms with Crippen molar-refractivity contribution >= 4 is 17.8 Å². The number of hydrogen-bond donors (Lipinski definition) is 1. The molecule has 7 heteroatoms. The maximum absolute atomic E-state index is 12.7. The molecule has 0 aromatic carbocycles. The molecule has 0 spiro atoms. The van der Waals surface area contributed by atoms with Gasteiger partial charge in [-0.05, 0) is 6.92 Å². The quantitative estimate of drug-likeness (QED) is 0.593. The molecule has 3 atom stereocenters. The van der Waals surface area contributed by atoms with E-state index in [0.29, 0.717) is 0 Å². The van der Waals surface area contributed by atoms with Crippen LogP contribution in [0.2, 0.25) is 0 Å². The number of hydrogen-bond acceptors (Lipinski definition) is 5. The lowest BCUT2D eigenvalue weighted by Gasteiger charge is -2.36. The third kappa shape index (κ3) is 1.94. The summed E-state index contributed by atoms with van der Waals surface area (Å²) in [6.45, 7) is 6.91. The van der Waals surface area contributed by atoms with Crippen molar-refractivity contribution in [3.8, 4) is 0 Å². The molecule has 2 fully saturated rings. The average Bonchev–Trinajstić information content (AvgIpc) is 2.85. The van der Waals surface area contributed by atoms with Crippen molar-refractivity contribution in [3.63, 3.8) is 0 Å². The minimum absolute atomic E-state index is 0.0454. The van der Waals surface area contributed by atoms with Gasteiger partial charge >= 0.3 is 11.9 Å². The first-order chi connectivity index (χ1) is 9.50. The predicted octanol–water partition coefficient (Wildman–Crippen LogP) is 0.624. The standard InChI is InChI=1S/C14H21NO6/c1-12(2,3)9-15-8(16)13(4,10(17)18)6-14(15,7-21-9)11(19)20-5/h9H,6-7H2,1-5H3,(H,17,18)/t9-,13+,14+/m0/s1. The van der Waals surface area contributed by atoms with E-state index in [-0.39, 0.29) is 13.0 Å². The van der Waals surface area contributed by atoms with Gasteiger partial charge in [-0.3, -0.25) is 14.5 Å². The highest BCUT2D eigenvalue weighted by atomic mass is 16.6. The van der Waals surface area contributed by atoms with Crippen LogP contribution in [0, 0.1) is 10.8 Å². The van der Waals surface area contributed by atoms with Crippen LogP contribution in [0.3, 0.4) is 0 Å². The van der Waals surface area contributed by atoms with Crippen molar-refractivity contribution < 1.29 is 29.0 Å². The molecule has 2 rings (SSSR count). The highest BCUT2D eigenvalue weighted by molar-refractivity contribution is 6.07. The van der Waals surface area contributed by atoms with Crippen molar-refractivity contribution in [2.24, 2.45) is 10.8 Å². The Labute approximate surface area is 123 Å². The Morgan fingerprint density at radius 1 is 1.43 bits per heavy atom. The fourth-order valence-corrected chi connectivity index (χ4v) is 3.17. The zero-order valence-electron chi connectivity index (χ0n) is 12.9. The summed E-state index contributed by atoms with van der Waals surface area (Å²) in [5.41, 5.74) is -3.44. The second-order valence-corrected chi connectivity index (χ2v) is 7.04. The molecule has 7 nitrogen and oxygen atoms in total. The zero-order valence-corrected chi connectivity index (χ0v) is 12.9. The van der Waals surface area contributed by atoms with Gasteiger partial charge in [0.05, 0.1) is 13.7 Å². The van der Waals surface area contributed by atoms with Gasteiger partial charge in [-0.1, -0.05) is 20.8 Å². The maximum Gasteiger partial charge on any atom is 0.334 e. The van der Waals surface area contributed by atoms with E-state index in [9.17, 15) is 19.5 Å². The fourth-order valence-electron chi connectivity index (χ4n) is 3.17. The summed E-state index contributed by atoms with van der Waals surface area (Å²) in [4.78, 5) is 37.8. The summed E-state index contributed by atoms with van der Waals surface area (Å²) in [6.07, 6.45) is -0.807. The van der Waals surface area contributed by atoms with Gasteiger partial charge in [0.15, 0.2) is 5.54 Å². The third-order valence-electron chi connectivity index (χ3n) is 4.29. The van der Waals surface area contributed by atoms with Crippen molar-refractivity contribution in [3.05, 3.63) is 0 Å². The molecule has 0 saturated carbocycles. The number of carboxylic acid groups (broad SMARTS) is 1. The lowest BCUT2D eigenvalue weighted by atomic mass is 9.82. The van der Waals surface area contributed by atoms with Crippen LogP contribution in [0.5, 0.6) is 0 Å². The molecule has 0 aromatic rings. The molecule has 0 bridgehead atoms. The van der Waals surface area contributed by atoms with E-state index in [0.717, 1.165) is 0 Å². The molecule has 2 aliphatic rings. The number of ether oxygens (including phenoxy) is 2. The first-order valence-electron chi connectivity index (χ1n) is 6.78. The largest absolute Gasteiger partial charge is 0.480 e. The molecule has 2 aliphatic heterocycles. The minimum atomic E-state index is -1.64. The summed E-state index contributed by atoms with van der Waals surface area (Å²) < 4.78 is 10.5. The van der Waals surface area contributed by atoms with Crippen molar-refractivity contribution in [1.29, 1.82) is 0 Å². The molecule has 2 heterocycles. The molecule has 21 heavy (non-hydrogen) atoms. The van der Waals surface area contributed by atoms with Crippen LogP contribution in [0.4, 0.5) is 0 Å². The van der Waals surface area contributed by atoms with E-state index < -0.39 is 40.4 Å². The smallest absolute Gasteiger partial charge is 0.334 e. The fraction of sp³-hybridized carbons (Fsp3) is 0.786. The normalized spacial score (nSPS) is 35.8. The monoisotopic (exact) mass is 299 g/mol. The first-order valence-corrected chi connectivity index (χ1v) is 6.78. The highest BCUT2D eigenvalue weighted by Crippen LogP contribution is 2.51. The predicted molar refractivity (Wildman–Crippen MR) is 71.1 cm³/mol. The molecule has 118 valence electrons. The summed E-state index contributed by atoms with van der Waals surface area (Å²) in [5, 5.41) is 9.42. The first kappa shape index (κ1) is 15.8. The maximum atomic E-state index is 12.7. The zero-order chi connectivity index (χ0) is 16.2. The lowest BCUT2D eigenvalue weighted by molar-refractivity contribution is -0.162. The Kier molecular flexibility index (Phi) is 3.32. The Hall–Kier alpha value is -1.63. The van der Waals surface area contributed by atoms with E-state index in [1.807, 2.05) is 20.8 Å². The average molecular weight is 299 g/mol. The third-order valence-corrected chi connectivity index (χ3v) is 4.29. The van der Waals surface area contributed by atoms with Crippen LogP contribution in [-0.4, -0.2) is 53.3 Å². The molecule has 0 radical (unpaired) electrons. The molecule has 0 aliphatic carbocycles. The van der Waals surface area contributed by atoms with Gasteiger partial charge in [0.25, 0.3) is 0 Å². The topological polar surface area (TPSA) is 93.1 Å². The van der Waals surface area contributed by atoms with Gasteiger partial charge in [-0.2, -0.15) is 0 Å². The summed E-state index contributed by atoms with van der Waals surface area (Å²) in [5.74, 6) is -2.47. The molecular formula is C14H21NO6. The number of esters is 1. The summed E-state index contributed by atoms with van der Waals surface area (Å²) in [6, 6.07) is 0. The van der Waals surface area contributed by atoms with Crippen molar-refractivity contribution in [2.75, 3.05) is 13.7 Å². The van der Waals surface area contributed by atoms with E-state index in [1.165, 1.54) is 18.9 Å². The van der Waals surface area contributed by atoms with Gasteiger partial charge < -0.3 is 14.6 Å². The number of carbonyl (C=O) groups is 3. The van der Waals surface area contributed by atoms with Gasteiger partial charge in [-0.15, -0.1) is 0 Å². The number of rotatable bonds is 2. The second kappa shape index (κ2) is 4.43. The number of aliphatic carboxylic acids is 1. The molecule has 1 N–H and O–H groups in total. The Morgan fingerprint density at radius 2 is 2.00 bits per heavy atom. The van der Waals surface area contributed by atoms with Crippen LogP contribution in [0.25, 0.3) is 0 Å². The minimum Gasteiger partial charge on any atom is -0.480 e. The van der Waals surface area contributed by atoms with Gasteiger partial charge in [0.1, 0.15) is 11.6 Å². The molecule has 0 aromatic heterocycles.